The molecule has 2 aromatic rings. The number of hydrogen-bond acceptors (Lipinski definition) is 5. The highest BCUT2D eigenvalue weighted by Gasteiger charge is 2.24. The first kappa shape index (κ1) is 19.7. The van der Waals surface area contributed by atoms with E-state index >= 15 is 0 Å². The predicted molar refractivity (Wildman–Crippen MR) is 109 cm³/mol. The van der Waals surface area contributed by atoms with Crippen LogP contribution < -0.4 is 14.8 Å². The average Bonchev–Trinajstić information content (AvgIpc) is 3.41. The summed E-state index contributed by atoms with van der Waals surface area (Å²) in [6.45, 7) is 3.45. The minimum Gasteiger partial charge on any atom is -0.497 e. The van der Waals surface area contributed by atoms with Crippen LogP contribution in [0, 0.1) is 0 Å². The summed E-state index contributed by atoms with van der Waals surface area (Å²) in [6, 6.07) is 12.0. The number of hydrogen-bond donors (Lipinski definition) is 1. The summed E-state index contributed by atoms with van der Waals surface area (Å²) in [7, 11) is 1.64. The molecule has 1 N–H and O–H groups in total. The summed E-state index contributed by atoms with van der Waals surface area (Å²) in [6.07, 6.45) is 3.68. The summed E-state index contributed by atoms with van der Waals surface area (Å²) in [5.74, 6) is 1.69. The minimum atomic E-state index is 0.0917. The zero-order valence-corrected chi connectivity index (χ0v) is 16.7. The van der Waals surface area contributed by atoms with E-state index in [2.05, 4.69) is 27.7 Å². The van der Waals surface area contributed by atoms with Gasteiger partial charge in [0.25, 0.3) is 0 Å². The number of rotatable bonds is 10. The van der Waals surface area contributed by atoms with Gasteiger partial charge in [0.15, 0.2) is 0 Å². The first-order valence-corrected chi connectivity index (χ1v) is 10.5. The van der Waals surface area contributed by atoms with Crippen molar-refractivity contribution in [1.29, 1.82) is 0 Å². The maximum Gasteiger partial charge on any atom is 0.220 e. The highest BCUT2D eigenvalue weighted by atomic mass is 32.1. The molecule has 1 aromatic carbocycles. The molecule has 1 amide bonds. The zero-order chi connectivity index (χ0) is 18.9. The number of likely N-dealkylation sites (tertiary alicyclic amines) is 1. The molecule has 1 aliphatic heterocycles. The summed E-state index contributed by atoms with van der Waals surface area (Å²) < 4.78 is 10.8. The Balaban J connectivity index is 1.37. The van der Waals surface area contributed by atoms with Crippen molar-refractivity contribution in [2.75, 3.05) is 33.4 Å². The Hall–Kier alpha value is -2.05. The van der Waals surface area contributed by atoms with Gasteiger partial charge in [-0.1, -0.05) is 6.07 Å². The molecule has 0 radical (unpaired) electrons. The van der Waals surface area contributed by atoms with Gasteiger partial charge in [-0.2, -0.15) is 0 Å². The summed E-state index contributed by atoms with van der Waals surface area (Å²) in [5.41, 5.74) is 0. The number of carbonyl (C=O) groups is 1. The van der Waals surface area contributed by atoms with E-state index in [0.717, 1.165) is 24.6 Å². The molecule has 1 fully saturated rings. The number of nitrogens with zero attached hydrogens (tertiary/aromatic N) is 1. The van der Waals surface area contributed by atoms with Crippen LogP contribution in [0.4, 0.5) is 0 Å². The highest BCUT2D eigenvalue weighted by Crippen LogP contribution is 2.27. The Bertz CT molecular complexity index is 682. The van der Waals surface area contributed by atoms with Crippen molar-refractivity contribution in [1.82, 2.24) is 10.2 Å². The van der Waals surface area contributed by atoms with Crippen LogP contribution in [0.15, 0.2) is 41.8 Å². The largest absolute Gasteiger partial charge is 0.497 e. The Morgan fingerprint density at radius 2 is 1.93 bits per heavy atom. The zero-order valence-electron chi connectivity index (χ0n) is 15.9. The van der Waals surface area contributed by atoms with Crippen molar-refractivity contribution >= 4 is 17.2 Å². The Kier molecular flexibility index (Phi) is 7.54. The van der Waals surface area contributed by atoms with Crippen LogP contribution in [-0.2, 0) is 4.79 Å². The van der Waals surface area contributed by atoms with Gasteiger partial charge >= 0.3 is 0 Å². The number of carbonyl (C=O) groups excluding carboxylic acids is 1. The van der Waals surface area contributed by atoms with Crippen LogP contribution in [0.1, 0.15) is 36.6 Å². The molecule has 2 heterocycles. The van der Waals surface area contributed by atoms with Gasteiger partial charge in [-0.25, -0.2) is 0 Å². The Morgan fingerprint density at radius 1 is 1.19 bits per heavy atom. The molecule has 1 aromatic heterocycles. The number of benzene rings is 1. The van der Waals surface area contributed by atoms with Gasteiger partial charge in [0.1, 0.15) is 11.5 Å². The predicted octanol–water partition coefficient (Wildman–Crippen LogP) is 3.87. The monoisotopic (exact) mass is 388 g/mol. The molecule has 1 saturated heterocycles. The van der Waals surface area contributed by atoms with Gasteiger partial charge in [-0.05, 0) is 68.1 Å². The molecule has 146 valence electrons. The molecular formula is C21H28N2O3S. The van der Waals surface area contributed by atoms with Crippen molar-refractivity contribution in [3.05, 3.63) is 46.7 Å². The third kappa shape index (κ3) is 5.97. The lowest BCUT2D eigenvalue weighted by molar-refractivity contribution is -0.121. The molecular weight excluding hydrogens is 360 g/mol. The topological polar surface area (TPSA) is 50.8 Å². The SMILES string of the molecule is COc1ccc(OCCCC(=O)NC[C@H](c2cccs2)N2CCCC2)cc1. The van der Waals surface area contributed by atoms with Crippen molar-refractivity contribution in [2.45, 2.75) is 31.7 Å². The first-order valence-electron chi connectivity index (χ1n) is 9.57. The van der Waals surface area contributed by atoms with Crippen molar-refractivity contribution in [3.63, 3.8) is 0 Å². The molecule has 0 spiro atoms. The quantitative estimate of drug-likeness (QED) is 0.628. The second-order valence-corrected chi connectivity index (χ2v) is 7.69. The first-order chi connectivity index (χ1) is 13.3. The van der Waals surface area contributed by atoms with Gasteiger partial charge in [0, 0.05) is 17.8 Å². The standard InChI is InChI=1S/C21H28N2O3S/c1-25-17-8-10-18(11-9-17)26-14-4-7-21(24)22-16-19(20-6-5-15-27-20)23-12-2-3-13-23/h5-6,8-11,15,19H,2-4,7,12-14,16H2,1H3,(H,22,24)/t19-/m1/s1. The van der Waals surface area contributed by atoms with Crippen LogP contribution in [-0.4, -0.2) is 44.2 Å². The number of ether oxygens (including phenoxy) is 2. The third-order valence-electron chi connectivity index (χ3n) is 4.82. The summed E-state index contributed by atoms with van der Waals surface area (Å²) in [4.78, 5) is 16.0. The Morgan fingerprint density at radius 3 is 2.59 bits per heavy atom. The fraction of sp³-hybridized carbons (Fsp3) is 0.476. The molecule has 0 aliphatic carbocycles. The lowest BCUT2D eigenvalue weighted by Crippen LogP contribution is -2.36. The van der Waals surface area contributed by atoms with E-state index in [0.29, 0.717) is 32.0 Å². The molecule has 27 heavy (non-hydrogen) atoms. The molecule has 5 nitrogen and oxygen atoms in total. The van der Waals surface area contributed by atoms with E-state index in [1.165, 1.54) is 17.7 Å². The number of amides is 1. The lowest BCUT2D eigenvalue weighted by atomic mass is 10.2. The van der Waals surface area contributed by atoms with E-state index in [9.17, 15) is 4.79 Å². The highest BCUT2D eigenvalue weighted by molar-refractivity contribution is 7.10. The number of methoxy groups -OCH3 is 1. The van der Waals surface area contributed by atoms with E-state index in [1.807, 2.05) is 24.3 Å². The van der Waals surface area contributed by atoms with E-state index in [1.54, 1.807) is 18.4 Å². The molecule has 0 unspecified atom stereocenters. The molecule has 1 aliphatic rings. The molecule has 3 rings (SSSR count). The summed E-state index contributed by atoms with van der Waals surface area (Å²) >= 11 is 1.77. The van der Waals surface area contributed by atoms with E-state index < -0.39 is 0 Å². The maximum atomic E-state index is 12.2. The van der Waals surface area contributed by atoms with Gasteiger partial charge in [0.2, 0.25) is 5.91 Å². The van der Waals surface area contributed by atoms with Crippen LogP contribution >= 0.6 is 11.3 Å². The van der Waals surface area contributed by atoms with Crippen LogP contribution in [0.2, 0.25) is 0 Å². The van der Waals surface area contributed by atoms with Crippen molar-refractivity contribution < 1.29 is 14.3 Å². The lowest BCUT2D eigenvalue weighted by Gasteiger charge is -2.26. The Labute approximate surface area is 165 Å². The summed E-state index contributed by atoms with van der Waals surface area (Å²) in [5, 5.41) is 5.22. The van der Waals surface area contributed by atoms with Crippen LogP contribution in [0.3, 0.4) is 0 Å². The third-order valence-corrected chi connectivity index (χ3v) is 5.80. The van der Waals surface area contributed by atoms with Crippen LogP contribution in [0.25, 0.3) is 0 Å². The number of nitrogens with one attached hydrogen (secondary N) is 1. The number of thiophene rings is 1. The fourth-order valence-corrected chi connectivity index (χ4v) is 4.20. The molecule has 0 bridgehead atoms. The van der Waals surface area contributed by atoms with Crippen LogP contribution in [0.5, 0.6) is 11.5 Å². The molecule has 6 heteroatoms. The van der Waals surface area contributed by atoms with Crippen molar-refractivity contribution in [2.24, 2.45) is 0 Å². The van der Waals surface area contributed by atoms with E-state index in [-0.39, 0.29) is 5.91 Å². The van der Waals surface area contributed by atoms with E-state index in [4.69, 9.17) is 9.47 Å². The molecule has 1 atom stereocenters. The average molecular weight is 389 g/mol. The fourth-order valence-electron chi connectivity index (χ4n) is 3.34. The second-order valence-electron chi connectivity index (χ2n) is 6.71. The van der Waals surface area contributed by atoms with Crippen molar-refractivity contribution in [3.8, 4) is 11.5 Å². The molecule has 0 saturated carbocycles. The van der Waals surface area contributed by atoms with Gasteiger partial charge in [0.05, 0.1) is 19.8 Å². The van der Waals surface area contributed by atoms with Gasteiger partial charge < -0.3 is 14.8 Å². The van der Waals surface area contributed by atoms with Gasteiger partial charge in [-0.15, -0.1) is 11.3 Å². The minimum absolute atomic E-state index is 0.0917. The maximum absolute atomic E-state index is 12.2. The normalized spacial score (nSPS) is 15.4. The second kappa shape index (κ2) is 10.3. The smallest absolute Gasteiger partial charge is 0.220 e. The van der Waals surface area contributed by atoms with Gasteiger partial charge in [-0.3, -0.25) is 9.69 Å².